The minimum atomic E-state index is -1.41. The zero-order chi connectivity index (χ0) is 47.0. The standard InChI is InChI=1S/C47H87N3O14/c1-4-6-8-10-12-14-16-18-20-22-29-61-42(55)27-24-38(46(58)62-30-23-21-19-17-15-13-11-9-7-5-2)50-41(54)26-25-40(53)48-28-31-59-32-33-60-34-35-63-47-43(49-37(3)52)45(57)44(56)39(36-51)64-47/h38-39,43-45,47,51,56-57H,4-36H2,1-3H3,(H,48,53)(H,49,52)(H,50,54)/t38-,39+,43+,44-,45+,47+/m0/s1. The van der Waals surface area contributed by atoms with Gasteiger partial charge in [0.2, 0.25) is 17.7 Å². The van der Waals surface area contributed by atoms with Gasteiger partial charge in [0.1, 0.15) is 30.4 Å². The van der Waals surface area contributed by atoms with E-state index >= 15 is 0 Å². The molecular formula is C47H87N3O14. The number of hydrogen-bond donors (Lipinski definition) is 6. The highest BCUT2D eigenvalue weighted by Gasteiger charge is 2.45. The van der Waals surface area contributed by atoms with Crippen LogP contribution in [0, 0.1) is 0 Å². The molecular weight excluding hydrogens is 831 g/mol. The van der Waals surface area contributed by atoms with Crippen molar-refractivity contribution in [2.75, 3.05) is 59.4 Å². The summed E-state index contributed by atoms with van der Waals surface area (Å²) >= 11 is 0. The third-order valence-electron chi connectivity index (χ3n) is 11.0. The summed E-state index contributed by atoms with van der Waals surface area (Å²) in [6.45, 7) is 6.66. The summed E-state index contributed by atoms with van der Waals surface area (Å²) in [7, 11) is 0. The number of aliphatic hydroxyl groups excluding tert-OH is 3. The van der Waals surface area contributed by atoms with Gasteiger partial charge in [-0.05, 0) is 19.3 Å². The van der Waals surface area contributed by atoms with Crippen molar-refractivity contribution < 1.29 is 67.7 Å². The minimum Gasteiger partial charge on any atom is -0.466 e. The van der Waals surface area contributed by atoms with Crippen molar-refractivity contribution in [2.24, 2.45) is 0 Å². The Labute approximate surface area is 383 Å². The molecule has 1 fully saturated rings. The molecule has 64 heavy (non-hydrogen) atoms. The fraction of sp³-hybridized carbons (Fsp3) is 0.894. The molecule has 0 saturated carbocycles. The summed E-state index contributed by atoms with van der Waals surface area (Å²) in [4.78, 5) is 62.5. The molecule has 1 aliphatic rings. The Morgan fingerprint density at radius 1 is 0.594 bits per heavy atom. The molecule has 0 unspecified atom stereocenters. The first-order valence-electron chi connectivity index (χ1n) is 24.6. The third-order valence-corrected chi connectivity index (χ3v) is 11.0. The molecule has 6 N–H and O–H groups in total. The lowest BCUT2D eigenvalue weighted by Gasteiger charge is -2.42. The zero-order valence-corrected chi connectivity index (χ0v) is 39.6. The van der Waals surface area contributed by atoms with E-state index in [1.54, 1.807) is 0 Å². The van der Waals surface area contributed by atoms with Gasteiger partial charge in [0.05, 0.1) is 52.9 Å². The first kappa shape index (κ1) is 59.1. The van der Waals surface area contributed by atoms with Gasteiger partial charge in [-0.25, -0.2) is 4.79 Å². The number of rotatable bonds is 42. The SMILES string of the molecule is CCCCCCCCCCCCOC(=O)CC[C@H](NC(=O)CCC(=O)NCCOCCOCCO[C@@H]1O[C@H](CO)[C@H](O)[C@H](O)[C@H]1NC(C)=O)C(=O)OCCCCCCCCCCCC. The van der Waals surface area contributed by atoms with E-state index in [1.165, 1.54) is 90.4 Å². The van der Waals surface area contributed by atoms with Gasteiger partial charge in [0.25, 0.3) is 0 Å². The lowest BCUT2D eigenvalue weighted by Crippen LogP contribution is -2.64. The Morgan fingerprint density at radius 3 is 1.64 bits per heavy atom. The zero-order valence-electron chi connectivity index (χ0n) is 39.6. The molecule has 0 spiro atoms. The number of unbranched alkanes of at least 4 members (excludes halogenated alkanes) is 18. The highest BCUT2D eigenvalue weighted by molar-refractivity contribution is 5.87. The fourth-order valence-electron chi connectivity index (χ4n) is 7.22. The summed E-state index contributed by atoms with van der Waals surface area (Å²) in [6, 6.07) is -2.08. The average Bonchev–Trinajstić information content (AvgIpc) is 3.27. The van der Waals surface area contributed by atoms with Crippen LogP contribution in [0.25, 0.3) is 0 Å². The van der Waals surface area contributed by atoms with Gasteiger partial charge >= 0.3 is 11.9 Å². The third kappa shape index (κ3) is 31.1. The van der Waals surface area contributed by atoms with Crippen molar-refractivity contribution in [1.29, 1.82) is 0 Å². The molecule has 0 aliphatic carbocycles. The van der Waals surface area contributed by atoms with Crippen molar-refractivity contribution in [1.82, 2.24) is 16.0 Å². The predicted molar refractivity (Wildman–Crippen MR) is 242 cm³/mol. The van der Waals surface area contributed by atoms with E-state index < -0.39 is 67.0 Å². The van der Waals surface area contributed by atoms with Gasteiger partial charge in [0, 0.05) is 32.7 Å². The van der Waals surface area contributed by atoms with Crippen molar-refractivity contribution in [3.8, 4) is 0 Å². The van der Waals surface area contributed by atoms with Crippen LogP contribution in [0.2, 0.25) is 0 Å². The molecule has 0 aromatic rings. The highest BCUT2D eigenvalue weighted by Crippen LogP contribution is 2.22. The van der Waals surface area contributed by atoms with E-state index in [0.717, 1.165) is 44.9 Å². The Balaban J connectivity index is 2.36. The summed E-state index contributed by atoms with van der Waals surface area (Å²) in [5.41, 5.74) is 0. The van der Waals surface area contributed by atoms with E-state index in [9.17, 15) is 39.3 Å². The maximum absolute atomic E-state index is 13.1. The van der Waals surface area contributed by atoms with Crippen LogP contribution >= 0.6 is 0 Å². The average molecular weight is 918 g/mol. The summed E-state index contributed by atoms with van der Waals surface area (Å²) in [5.74, 6) is -2.36. The van der Waals surface area contributed by atoms with Gasteiger partial charge < -0.3 is 59.7 Å². The second-order valence-electron chi connectivity index (χ2n) is 16.8. The highest BCUT2D eigenvalue weighted by atomic mass is 16.7. The van der Waals surface area contributed by atoms with Crippen LogP contribution in [-0.2, 0) is 52.4 Å². The van der Waals surface area contributed by atoms with E-state index in [-0.39, 0.29) is 77.8 Å². The van der Waals surface area contributed by atoms with Crippen LogP contribution in [0.1, 0.15) is 175 Å². The number of hydrogen-bond acceptors (Lipinski definition) is 14. The van der Waals surface area contributed by atoms with Gasteiger partial charge in [-0.1, -0.05) is 129 Å². The maximum atomic E-state index is 13.1. The van der Waals surface area contributed by atoms with Crippen LogP contribution in [0.3, 0.4) is 0 Å². The largest absolute Gasteiger partial charge is 0.466 e. The fourth-order valence-corrected chi connectivity index (χ4v) is 7.22. The first-order chi connectivity index (χ1) is 31.0. The molecule has 1 saturated heterocycles. The molecule has 1 aliphatic heterocycles. The molecule has 0 aromatic carbocycles. The number of esters is 2. The van der Waals surface area contributed by atoms with E-state index in [4.69, 9.17) is 28.4 Å². The van der Waals surface area contributed by atoms with Gasteiger partial charge in [-0.3, -0.25) is 19.2 Å². The van der Waals surface area contributed by atoms with Crippen molar-refractivity contribution in [3.63, 3.8) is 0 Å². The Morgan fingerprint density at radius 2 is 1.09 bits per heavy atom. The monoisotopic (exact) mass is 918 g/mol. The minimum absolute atomic E-state index is 0.0265. The molecule has 17 heteroatoms. The number of aliphatic hydroxyl groups is 3. The van der Waals surface area contributed by atoms with Crippen LogP contribution in [0.4, 0.5) is 0 Å². The molecule has 3 amide bonds. The van der Waals surface area contributed by atoms with Crippen molar-refractivity contribution in [2.45, 2.75) is 212 Å². The summed E-state index contributed by atoms with van der Waals surface area (Å²) in [5, 5.41) is 37.7. The van der Waals surface area contributed by atoms with Crippen LogP contribution < -0.4 is 16.0 Å². The maximum Gasteiger partial charge on any atom is 0.328 e. The Hall–Kier alpha value is -2.93. The van der Waals surface area contributed by atoms with Crippen LogP contribution in [0.15, 0.2) is 0 Å². The first-order valence-corrected chi connectivity index (χ1v) is 24.6. The molecule has 6 atom stereocenters. The number of carbonyl (C=O) groups excluding carboxylic acids is 5. The van der Waals surface area contributed by atoms with Crippen LogP contribution in [0.5, 0.6) is 0 Å². The topological polar surface area (TPSA) is 238 Å². The Bertz CT molecular complexity index is 1210. The normalized spacial score (nSPS) is 18.9. The molecule has 17 nitrogen and oxygen atoms in total. The van der Waals surface area contributed by atoms with Gasteiger partial charge in [-0.15, -0.1) is 0 Å². The van der Waals surface area contributed by atoms with E-state index in [0.29, 0.717) is 6.61 Å². The molecule has 0 aromatic heterocycles. The molecule has 1 heterocycles. The van der Waals surface area contributed by atoms with Gasteiger partial charge in [0.15, 0.2) is 6.29 Å². The molecule has 0 bridgehead atoms. The summed E-state index contributed by atoms with van der Waals surface area (Å²) < 4.78 is 33.0. The number of ether oxygens (including phenoxy) is 6. The lowest BCUT2D eigenvalue weighted by atomic mass is 9.97. The number of carbonyl (C=O) groups is 5. The smallest absolute Gasteiger partial charge is 0.328 e. The lowest BCUT2D eigenvalue weighted by molar-refractivity contribution is -0.272. The second-order valence-corrected chi connectivity index (χ2v) is 16.8. The van der Waals surface area contributed by atoms with Gasteiger partial charge in [-0.2, -0.15) is 0 Å². The summed E-state index contributed by atoms with van der Waals surface area (Å²) in [6.07, 6.45) is 17.9. The van der Waals surface area contributed by atoms with Crippen LogP contribution in [-0.4, -0.2) is 141 Å². The molecule has 374 valence electrons. The van der Waals surface area contributed by atoms with E-state index in [2.05, 4.69) is 29.8 Å². The quantitative estimate of drug-likeness (QED) is 0.0347. The van der Waals surface area contributed by atoms with Crippen molar-refractivity contribution >= 4 is 29.7 Å². The number of nitrogens with one attached hydrogen (secondary N) is 3. The van der Waals surface area contributed by atoms with Crippen molar-refractivity contribution in [3.05, 3.63) is 0 Å². The molecule has 0 radical (unpaired) electrons. The Kier molecular flexibility index (Phi) is 37.3. The van der Waals surface area contributed by atoms with E-state index in [1.807, 2.05) is 0 Å². The predicted octanol–water partition coefficient (Wildman–Crippen LogP) is 5.07. The molecule has 1 rings (SSSR count). The number of amides is 3. The second kappa shape index (κ2) is 40.4.